The molecule has 1 atom stereocenters. The van der Waals surface area contributed by atoms with Crippen molar-refractivity contribution in [1.82, 2.24) is 4.98 Å². The minimum atomic E-state index is -4.37. The summed E-state index contributed by atoms with van der Waals surface area (Å²) in [6.07, 6.45) is -1.50. The number of pyridine rings is 1. The van der Waals surface area contributed by atoms with Crippen LogP contribution >= 0.6 is 11.8 Å². The molecule has 2 N–H and O–H groups in total. The molecule has 0 spiro atoms. The molecule has 19 heavy (non-hydrogen) atoms. The standard InChI is InChI=1S/C12H18F3N3S/c1-8(4-5-19-3)17-11-7-9(12(13,14)15)6-10(16-2)18-11/h6-8H,4-5H2,1-3H3,(H2,16,17,18). The van der Waals surface area contributed by atoms with Crippen LogP contribution in [0, 0.1) is 0 Å². The SMILES string of the molecule is CNc1cc(C(F)(F)F)cc(NC(C)CCSC)n1. The van der Waals surface area contributed by atoms with Crippen LogP contribution in [0.1, 0.15) is 18.9 Å². The number of alkyl halides is 3. The molecule has 0 aliphatic heterocycles. The van der Waals surface area contributed by atoms with Gasteiger partial charge in [-0.2, -0.15) is 24.9 Å². The number of nitrogens with one attached hydrogen (secondary N) is 2. The number of hydrogen-bond acceptors (Lipinski definition) is 4. The Morgan fingerprint density at radius 3 is 2.47 bits per heavy atom. The third-order valence-electron chi connectivity index (χ3n) is 2.56. The monoisotopic (exact) mass is 293 g/mol. The Kier molecular flexibility index (Phi) is 5.78. The van der Waals surface area contributed by atoms with Crippen LogP contribution in [-0.4, -0.2) is 30.1 Å². The van der Waals surface area contributed by atoms with Crippen LogP contribution in [0.3, 0.4) is 0 Å². The van der Waals surface area contributed by atoms with Gasteiger partial charge in [0.05, 0.1) is 5.56 Å². The van der Waals surface area contributed by atoms with Crippen LogP contribution in [0.4, 0.5) is 24.8 Å². The average Bonchev–Trinajstić information content (AvgIpc) is 2.34. The zero-order valence-corrected chi connectivity index (χ0v) is 12.0. The summed E-state index contributed by atoms with van der Waals surface area (Å²) in [5.74, 6) is 1.40. The van der Waals surface area contributed by atoms with Gasteiger partial charge < -0.3 is 10.6 Å². The maximum Gasteiger partial charge on any atom is 0.416 e. The van der Waals surface area contributed by atoms with Crippen molar-refractivity contribution in [3.05, 3.63) is 17.7 Å². The summed E-state index contributed by atoms with van der Waals surface area (Å²) in [7, 11) is 1.55. The Balaban J connectivity index is 2.88. The molecular weight excluding hydrogens is 275 g/mol. The van der Waals surface area contributed by atoms with Crippen molar-refractivity contribution in [2.24, 2.45) is 0 Å². The van der Waals surface area contributed by atoms with E-state index in [0.29, 0.717) is 0 Å². The van der Waals surface area contributed by atoms with Gasteiger partial charge in [-0.15, -0.1) is 0 Å². The van der Waals surface area contributed by atoms with Crippen molar-refractivity contribution in [3.63, 3.8) is 0 Å². The average molecular weight is 293 g/mol. The normalized spacial score (nSPS) is 13.2. The van der Waals surface area contributed by atoms with E-state index in [9.17, 15) is 13.2 Å². The largest absolute Gasteiger partial charge is 0.416 e. The fourth-order valence-electron chi connectivity index (χ4n) is 1.52. The first-order valence-electron chi connectivity index (χ1n) is 5.89. The molecule has 7 heteroatoms. The predicted molar refractivity (Wildman–Crippen MR) is 74.9 cm³/mol. The van der Waals surface area contributed by atoms with E-state index in [4.69, 9.17) is 0 Å². The summed E-state index contributed by atoms with van der Waals surface area (Å²) in [5.41, 5.74) is -0.702. The van der Waals surface area contributed by atoms with Crippen LogP contribution < -0.4 is 10.6 Å². The summed E-state index contributed by atoms with van der Waals surface area (Å²) in [6, 6.07) is 2.11. The summed E-state index contributed by atoms with van der Waals surface area (Å²) in [6.45, 7) is 1.93. The van der Waals surface area contributed by atoms with Crippen LogP contribution in [-0.2, 0) is 6.18 Å². The van der Waals surface area contributed by atoms with Crippen molar-refractivity contribution in [2.75, 3.05) is 29.7 Å². The summed E-state index contributed by atoms with van der Waals surface area (Å²) < 4.78 is 38.2. The van der Waals surface area contributed by atoms with Crippen LogP contribution in [0.5, 0.6) is 0 Å². The van der Waals surface area contributed by atoms with Gasteiger partial charge >= 0.3 is 6.18 Å². The van der Waals surface area contributed by atoms with Crippen molar-refractivity contribution < 1.29 is 13.2 Å². The van der Waals surface area contributed by atoms with Crippen molar-refractivity contribution in [3.8, 4) is 0 Å². The molecule has 0 saturated heterocycles. The lowest BCUT2D eigenvalue weighted by molar-refractivity contribution is -0.137. The zero-order valence-electron chi connectivity index (χ0n) is 11.1. The van der Waals surface area contributed by atoms with Gasteiger partial charge in [0.1, 0.15) is 11.6 Å². The Morgan fingerprint density at radius 2 is 1.95 bits per heavy atom. The maximum atomic E-state index is 12.7. The quantitative estimate of drug-likeness (QED) is 0.838. The van der Waals surface area contributed by atoms with E-state index in [0.717, 1.165) is 24.3 Å². The fourth-order valence-corrected chi connectivity index (χ4v) is 2.10. The van der Waals surface area contributed by atoms with Gasteiger partial charge in [-0.05, 0) is 37.5 Å². The highest BCUT2D eigenvalue weighted by Crippen LogP contribution is 2.32. The predicted octanol–water partition coefficient (Wildman–Crippen LogP) is 3.70. The summed E-state index contributed by atoms with van der Waals surface area (Å²) in [5, 5.41) is 5.64. The molecule has 0 bridgehead atoms. The van der Waals surface area contributed by atoms with Crippen molar-refractivity contribution in [1.29, 1.82) is 0 Å². The zero-order chi connectivity index (χ0) is 14.5. The maximum absolute atomic E-state index is 12.7. The lowest BCUT2D eigenvalue weighted by Gasteiger charge is -2.16. The molecule has 0 aliphatic rings. The number of halogens is 3. The first-order chi connectivity index (χ1) is 8.86. The molecule has 0 saturated carbocycles. The second kappa shape index (κ2) is 6.88. The van der Waals surface area contributed by atoms with Crippen LogP contribution in [0.25, 0.3) is 0 Å². The number of hydrogen-bond donors (Lipinski definition) is 2. The van der Waals surface area contributed by atoms with Gasteiger partial charge in [0.15, 0.2) is 0 Å². The molecule has 0 amide bonds. The molecule has 1 rings (SSSR count). The third kappa shape index (κ3) is 5.18. The fraction of sp³-hybridized carbons (Fsp3) is 0.583. The topological polar surface area (TPSA) is 37.0 Å². The van der Waals surface area contributed by atoms with E-state index in [1.165, 1.54) is 0 Å². The molecule has 1 heterocycles. The smallest absolute Gasteiger partial charge is 0.373 e. The second-order valence-corrected chi connectivity index (χ2v) is 5.19. The number of nitrogens with zero attached hydrogens (tertiary/aromatic N) is 1. The van der Waals surface area contributed by atoms with Gasteiger partial charge in [0.25, 0.3) is 0 Å². The minimum Gasteiger partial charge on any atom is -0.373 e. The molecule has 0 aliphatic carbocycles. The van der Waals surface area contributed by atoms with Crippen LogP contribution in [0.2, 0.25) is 0 Å². The van der Waals surface area contributed by atoms with Crippen LogP contribution in [0.15, 0.2) is 12.1 Å². The second-order valence-electron chi connectivity index (χ2n) is 4.20. The highest BCUT2D eigenvalue weighted by atomic mass is 32.2. The number of thioether (sulfide) groups is 1. The van der Waals surface area contributed by atoms with Gasteiger partial charge in [-0.3, -0.25) is 0 Å². The van der Waals surface area contributed by atoms with Crippen molar-refractivity contribution in [2.45, 2.75) is 25.6 Å². The number of rotatable bonds is 6. The first-order valence-corrected chi connectivity index (χ1v) is 7.28. The molecular formula is C12H18F3N3S. The summed E-state index contributed by atoms with van der Waals surface area (Å²) >= 11 is 1.70. The molecule has 1 aromatic rings. The molecule has 3 nitrogen and oxygen atoms in total. The van der Waals surface area contributed by atoms with Gasteiger partial charge in [-0.1, -0.05) is 0 Å². The lowest BCUT2D eigenvalue weighted by Crippen LogP contribution is -2.18. The molecule has 108 valence electrons. The highest BCUT2D eigenvalue weighted by molar-refractivity contribution is 7.98. The Labute approximate surface area is 115 Å². The molecule has 0 aromatic carbocycles. The lowest BCUT2D eigenvalue weighted by atomic mass is 10.2. The molecule has 0 radical (unpaired) electrons. The van der Waals surface area contributed by atoms with E-state index in [2.05, 4.69) is 15.6 Å². The van der Waals surface area contributed by atoms with Crippen molar-refractivity contribution >= 4 is 23.4 Å². The number of aromatic nitrogens is 1. The van der Waals surface area contributed by atoms with Gasteiger partial charge in [0.2, 0.25) is 0 Å². The van der Waals surface area contributed by atoms with E-state index in [1.54, 1.807) is 18.8 Å². The first kappa shape index (κ1) is 15.9. The Bertz CT molecular complexity index is 410. The third-order valence-corrected chi connectivity index (χ3v) is 3.20. The summed E-state index contributed by atoms with van der Waals surface area (Å²) in [4.78, 5) is 4.08. The van der Waals surface area contributed by atoms with E-state index >= 15 is 0 Å². The van der Waals surface area contributed by atoms with E-state index < -0.39 is 11.7 Å². The van der Waals surface area contributed by atoms with E-state index in [-0.39, 0.29) is 17.7 Å². The van der Waals surface area contributed by atoms with Gasteiger partial charge in [0, 0.05) is 13.1 Å². The minimum absolute atomic E-state index is 0.0770. The number of anilines is 2. The van der Waals surface area contributed by atoms with E-state index in [1.807, 2.05) is 13.2 Å². The molecule has 1 unspecified atom stereocenters. The highest BCUT2D eigenvalue weighted by Gasteiger charge is 2.31. The van der Waals surface area contributed by atoms with Gasteiger partial charge in [-0.25, -0.2) is 4.98 Å². The Hall–Kier alpha value is -1.11. The molecule has 0 fully saturated rings. The Morgan fingerprint density at radius 1 is 1.32 bits per heavy atom. The molecule has 1 aromatic heterocycles.